The number of sulfonamides is 1. The lowest BCUT2D eigenvalue weighted by molar-refractivity contribution is 0.581. The van der Waals surface area contributed by atoms with E-state index in [4.69, 9.17) is 5.26 Å². The average molecular weight is 266 g/mol. The molecule has 18 heavy (non-hydrogen) atoms. The Labute approximate surface area is 105 Å². The van der Waals surface area contributed by atoms with E-state index in [1.165, 1.54) is 0 Å². The molecule has 0 heterocycles. The molecule has 0 radical (unpaired) electrons. The molecule has 0 bridgehead atoms. The Morgan fingerprint density at radius 1 is 1.44 bits per heavy atom. The number of rotatable bonds is 4. The zero-order valence-corrected chi connectivity index (χ0v) is 10.5. The number of halogens is 1. The average Bonchev–Trinajstić information content (AvgIpc) is 2.35. The lowest BCUT2D eigenvalue weighted by Gasteiger charge is -2.05. The first-order valence-corrected chi connectivity index (χ1v) is 6.58. The third-order valence-corrected chi connectivity index (χ3v) is 3.55. The standard InChI is InChI=1S/C12H11FN2O2S/c1-2-3-4-7-15-18(16,17)11-5-6-12(13)10(8-11)9-14/h5-6,8,15H,4,7H2,1H3. The van der Waals surface area contributed by atoms with Gasteiger partial charge in [-0.05, 0) is 25.1 Å². The van der Waals surface area contributed by atoms with E-state index in [9.17, 15) is 12.8 Å². The molecular formula is C12H11FN2O2S. The fourth-order valence-corrected chi connectivity index (χ4v) is 2.27. The van der Waals surface area contributed by atoms with E-state index in [0.29, 0.717) is 6.42 Å². The molecule has 1 rings (SSSR count). The van der Waals surface area contributed by atoms with Gasteiger partial charge in [0, 0.05) is 13.0 Å². The van der Waals surface area contributed by atoms with Gasteiger partial charge in [0.15, 0.2) is 0 Å². The summed E-state index contributed by atoms with van der Waals surface area (Å²) in [6.45, 7) is 1.83. The molecule has 1 N–H and O–H groups in total. The molecule has 0 aliphatic carbocycles. The molecule has 1 aromatic carbocycles. The summed E-state index contributed by atoms with van der Waals surface area (Å²) >= 11 is 0. The van der Waals surface area contributed by atoms with Gasteiger partial charge in [0.1, 0.15) is 11.9 Å². The first kappa shape index (κ1) is 14.2. The van der Waals surface area contributed by atoms with E-state index >= 15 is 0 Å². The maximum Gasteiger partial charge on any atom is 0.240 e. The molecule has 0 aromatic heterocycles. The van der Waals surface area contributed by atoms with Crippen molar-refractivity contribution in [2.45, 2.75) is 18.2 Å². The molecule has 0 unspecified atom stereocenters. The van der Waals surface area contributed by atoms with Crippen LogP contribution in [0.1, 0.15) is 18.9 Å². The Balaban J connectivity index is 2.91. The highest BCUT2D eigenvalue weighted by atomic mass is 32.2. The molecule has 4 nitrogen and oxygen atoms in total. The monoisotopic (exact) mass is 266 g/mol. The van der Waals surface area contributed by atoms with Gasteiger partial charge < -0.3 is 0 Å². The molecule has 6 heteroatoms. The van der Waals surface area contributed by atoms with Crippen LogP contribution in [0, 0.1) is 29.0 Å². The van der Waals surface area contributed by atoms with Crippen molar-refractivity contribution in [2.24, 2.45) is 0 Å². The number of hydrogen-bond acceptors (Lipinski definition) is 3. The minimum Gasteiger partial charge on any atom is -0.210 e. The summed E-state index contributed by atoms with van der Waals surface area (Å²) in [5.41, 5.74) is -0.300. The second kappa shape index (κ2) is 6.15. The van der Waals surface area contributed by atoms with Crippen LogP contribution in [0.5, 0.6) is 0 Å². The van der Waals surface area contributed by atoms with Gasteiger partial charge in [-0.1, -0.05) is 0 Å². The van der Waals surface area contributed by atoms with E-state index < -0.39 is 15.8 Å². The van der Waals surface area contributed by atoms with Crippen molar-refractivity contribution in [3.05, 3.63) is 29.6 Å². The van der Waals surface area contributed by atoms with Gasteiger partial charge in [-0.2, -0.15) is 5.26 Å². The first-order chi connectivity index (χ1) is 8.51. The zero-order valence-electron chi connectivity index (χ0n) is 9.70. The molecule has 0 saturated carbocycles. The van der Waals surface area contributed by atoms with E-state index in [1.54, 1.807) is 13.0 Å². The van der Waals surface area contributed by atoms with E-state index in [2.05, 4.69) is 16.6 Å². The summed E-state index contributed by atoms with van der Waals surface area (Å²) in [4.78, 5) is -0.134. The summed E-state index contributed by atoms with van der Waals surface area (Å²) in [6.07, 6.45) is 0.391. The molecule has 0 saturated heterocycles. The van der Waals surface area contributed by atoms with Crippen molar-refractivity contribution in [3.8, 4) is 17.9 Å². The van der Waals surface area contributed by atoms with Crippen LogP contribution in [-0.4, -0.2) is 15.0 Å². The number of nitrogens with one attached hydrogen (secondary N) is 1. The molecule has 0 spiro atoms. The summed E-state index contributed by atoms with van der Waals surface area (Å²) in [5.74, 6) is 4.61. The Morgan fingerprint density at radius 3 is 2.78 bits per heavy atom. The highest BCUT2D eigenvalue weighted by molar-refractivity contribution is 7.89. The molecule has 0 aliphatic heterocycles. The molecular weight excluding hydrogens is 255 g/mol. The van der Waals surface area contributed by atoms with Crippen molar-refractivity contribution in [1.82, 2.24) is 4.72 Å². The number of nitriles is 1. The topological polar surface area (TPSA) is 70.0 Å². The third-order valence-electron chi connectivity index (χ3n) is 2.09. The minimum atomic E-state index is -3.73. The SMILES string of the molecule is CC#CCCNS(=O)(=O)c1ccc(F)c(C#N)c1. The van der Waals surface area contributed by atoms with Crippen molar-refractivity contribution in [1.29, 1.82) is 5.26 Å². The lowest BCUT2D eigenvalue weighted by Crippen LogP contribution is -2.24. The molecule has 0 aliphatic rings. The number of hydrogen-bond donors (Lipinski definition) is 1. The van der Waals surface area contributed by atoms with Crippen molar-refractivity contribution < 1.29 is 12.8 Å². The van der Waals surface area contributed by atoms with E-state index in [1.807, 2.05) is 0 Å². The second-order valence-electron chi connectivity index (χ2n) is 3.33. The van der Waals surface area contributed by atoms with Gasteiger partial charge in [0.2, 0.25) is 10.0 Å². The number of nitrogens with zero attached hydrogens (tertiary/aromatic N) is 1. The Morgan fingerprint density at radius 2 is 2.17 bits per heavy atom. The van der Waals surface area contributed by atoms with Crippen LogP contribution in [0.2, 0.25) is 0 Å². The van der Waals surface area contributed by atoms with Crippen LogP contribution in [0.4, 0.5) is 4.39 Å². The van der Waals surface area contributed by atoms with Gasteiger partial charge in [-0.3, -0.25) is 0 Å². The third kappa shape index (κ3) is 3.56. The quantitative estimate of drug-likeness (QED) is 0.661. The normalized spacial score (nSPS) is 10.3. The summed E-state index contributed by atoms with van der Waals surface area (Å²) in [6, 6.07) is 4.67. The van der Waals surface area contributed by atoms with Crippen LogP contribution >= 0.6 is 0 Å². The molecule has 0 fully saturated rings. The fourth-order valence-electron chi connectivity index (χ4n) is 1.21. The Bertz CT molecular complexity index is 636. The van der Waals surface area contributed by atoms with Crippen LogP contribution in [0.25, 0.3) is 0 Å². The summed E-state index contributed by atoms with van der Waals surface area (Å²) in [7, 11) is -3.73. The van der Waals surface area contributed by atoms with Crippen molar-refractivity contribution in [3.63, 3.8) is 0 Å². The minimum absolute atomic E-state index is 0.134. The maximum absolute atomic E-state index is 13.1. The second-order valence-corrected chi connectivity index (χ2v) is 5.09. The van der Waals surface area contributed by atoms with E-state index in [0.717, 1.165) is 18.2 Å². The summed E-state index contributed by atoms with van der Waals surface area (Å²) in [5, 5.41) is 8.63. The highest BCUT2D eigenvalue weighted by Gasteiger charge is 2.15. The molecule has 0 atom stereocenters. The van der Waals surface area contributed by atoms with Crippen LogP contribution < -0.4 is 4.72 Å². The smallest absolute Gasteiger partial charge is 0.210 e. The van der Waals surface area contributed by atoms with E-state index in [-0.39, 0.29) is 17.0 Å². The highest BCUT2D eigenvalue weighted by Crippen LogP contribution is 2.14. The Hall–Kier alpha value is -1.89. The van der Waals surface area contributed by atoms with Gasteiger partial charge >= 0.3 is 0 Å². The van der Waals surface area contributed by atoms with Crippen LogP contribution in [-0.2, 0) is 10.0 Å². The largest absolute Gasteiger partial charge is 0.240 e. The number of benzene rings is 1. The van der Waals surface area contributed by atoms with Crippen molar-refractivity contribution in [2.75, 3.05) is 6.54 Å². The molecule has 0 amide bonds. The van der Waals surface area contributed by atoms with Crippen molar-refractivity contribution >= 4 is 10.0 Å². The molecule has 1 aromatic rings. The van der Waals surface area contributed by atoms with Gasteiger partial charge in [-0.15, -0.1) is 11.8 Å². The summed E-state index contributed by atoms with van der Waals surface area (Å²) < 4.78 is 38.9. The predicted molar refractivity (Wildman–Crippen MR) is 64.4 cm³/mol. The van der Waals surface area contributed by atoms with Gasteiger partial charge in [0.25, 0.3) is 0 Å². The molecule has 94 valence electrons. The first-order valence-electron chi connectivity index (χ1n) is 5.10. The lowest BCUT2D eigenvalue weighted by atomic mass is 10.2. The predicted octanol–water partition coefficient (Wildman–Crippen LogP) is 1.39. The van der Waals surface area contributed by atoms with Crippen LogP contribution in [0.15, 0.2) is 23.1 Å². The maximum atomic E-state index is 13.1. The van der Waals surface area contributed by atoms with Gasteiger partial charge in [-0.25, -0.2) is 17.5 Å². The fraction of sp³-hybridized carbons (Fsp3) is 0.250. The Kier molecular flexibility index (Phi) is 4.85. The zero-order chi connectivity index (χ0) is 13.6. The van der Waals surface area contributed by atoms with Crippen LogP contribution in [0.3, 0.4) is 0 Å². The van der Waals surface area contributed by atoms with Gasteiger partial charge in [0.05, 0.1) is 10.5 Å².